The Labute approximate surface area is 162 Å². The average molecular weight is 380 g/mol. The van der Waals surface area contributed by atoms with Gasteiger partial charge in [-0.15, -0.1) is 0 Å². The molecule has 3 aromatic rings. The molecule has 0 aliphatic rings. The van der Waals surface area contributed by atoms with Crippen LogP contribution in [0.2, 0.25) is 0 Å². The van der Waals surface area contributed by atoms with E-state index in [1.165, 1.54) is 21.3 Å². The molecule has 2 aromatic carbocycles. The van der Waals surface area contributed by atoms with Gasteiger partial charge in [-0.05, 0) is 12.1 Å². The Hall–Kier alpha value is -3.81. The number of hydrogen-bond acceptors (Lipinski definition) is 6. The lowest BCUT2D eigenvalue weighted by atomic mass is 10.1. The fourth-order valence-electron chi connectivity index (χ4n) is 2.91. The molecule has 0 fully saturated rings. The summed E-state index contributed by atoms with van der Waals surface area (Å²) in [6, 6.07) is 13.1. The first-order valence-corrected chi connectivity index (χ1v) is 8.37. The second-order valence-electron chi connectivity index (χ2n) is 5.72. The van der Waals surface area contributed by atoms with Gasteiger partial charge in [0.05, 0.1) is 32.7 Å². The number of amides is 1. The normalized spacial score (nSPS) is 10.2. The van der Waals surface area contributed by atoms with E-state index in [-0.39, 0.29) is 5.96 Å². The van der Waals surface area contributed by atoms with Gasteiger partial charge in [0.2, 0.25) is 12.2 Å². The van der Waals surface area contributed by atoms with Crippen LogP contribution in [0, 0.1) is 5.41 Å². The summed E-state index contributed by atoms with van der Waals surface area (Å²) in [6.45, 7) is 0. The zero-order valence-corrected chi connectivity index (χ0v) is 15.7. The van der Waals surface area contributed by atoms with Crippen molar-refractivity contribution in [1.82, 2.24) is 10.3 Å². The number of carbonyl (C=O) groups excluding carboxylic acids is 1. The molecule has 1 amide bonds. The number of anilines is 1. The minimum absolute atomic E-state index is 0.171. The Morgan fingerprint density at radius 3 is 2.36 bits per heavy atom. The molecule has 0 atom stereocenters. The monoisotopic (exact) mass is 380 g/mol. The second kappa shape index (κ2) is 8.26. The van der Waals surface area contributed by atoms with Gasteiger partial charge in [0.25, 0.3) is 0 Å². The Bertz CT molecular complexity index is 1020. The number of benzene rings is 2. The van der Waals surface area contributed by atoms with Crippen LogP contribution in [0.1, 0.15) is 0 Å². The van der Waals surface area contributed by atoms with Crippen molar-refractivity contribution in [1.29, 1.82) is 5.41 Å². The van der Waals surface area contributed by atoms with E-state index in [1.54, 1.807) is 12.1 Å². The highest BCUT2D eigenvalue weighted by Crippen LogP contribution is 2.45. The summed E-state index contributed by atoms with van der Waals surface area (Å²) in [4.78, 5) is 15.4. The van der Waals surface area contributed by atoms with E-state index >= 15 is 0 Å². The summed E-state index contributed by atoms with van der Waals surface area (Å²) in [6.07, 6.45) is 0.432. The molecule has 3 rings (SSSR count). The number of ether oxygens (including phenoxy) is 3. The van der Waals surface area contributed by atoms with E-state index in [1.807, 2.05) is 30.3 Å². The summed E-state index contributed by atoms with van der Waals surface area (Å²) in [5.41, 5.74) is 2.64. The molecule has 0 aliphatic heterocycles. The van der Waals surface area contributed by atoms with Crippen LogP contribution in [0.4, 0.5) is 5.69 Å². The molecule has 3 N–H and O–H groups in total. The quantitative estimate of drug-likeness (QED) is 0.345. The van der Waals surface area contributed by atoms with E-state index in [0.717, 1.165) is 5.56 Å². The van der Waals surface area contributed by atoms with Crippen LogP contribution in [-0.2, 0) is 4.79 Å². The Morgan fingerprint density at radius 2 is 1.75 bits per heavy atom. The van der Waals surface area contributed by atoms with Crippen LogP contribution < -0.4 is 24.8 Å². The van der Waals surface area contributed by atoms with Gasteiger partial charge in [0.1, 0.15) is 5.52 Å². The first-order valence-electron chi connectivity index (χ1n) is 8.37. The van der Waals surface area contributed by atoms with Gasteiger partial charge in [-0.25, -0.2) is 4.98 Å². The predicted molar refractivity (Wildman–Crippen MR) is 107 cm³/mol. The zero-order valence-electron chi connectivity index (χ0n) is 15.7. The minimum atomic E-state index is -0.171. The van der Waals surface area contributed by atoms with E-state index in [2.05, 4.69) is 10.6 Å². The molecule has 8 heteroatoms. The highest BCUT2D eigenvalue weighted by atomic mass is 16.5. The first-order chi connectivity index (χ1) is 13.6. The van der Waals surface area contributed by atoms with Crippen molar-refractivity contribution >= 4 is 29.0 Å². The van der Waals surface area contributed by atoms with Crippen LogP contribution in [0.5, 0.6) is 17.2 Å². The topological polar surface area (TPSA) is 106 Å². The molecule has 0 unspecified atom stereocenters. The molecule has 0 bridgehead atoms. The van der Waals surface area contributed by atoms with Gasteiger partial charge < -0.3 is 19.5 Å². The summed E-state index contributed by atoms with van der Waals surface area (Å²) in [7, 11) is 4.57. The lowest BCUT2D eigenvalue weighted by Crippen LogP contribution is -2.28. The molecular formula is C20H20N4O4. The van der Waals surface area contributed by atoms with Crippen molar-refractivity contribution in [3.05, 3.63) is 42.5 Å². The van der Waals surface area contributed by atoms with E-state index in [9.17, 15) is 4.79 Å². The number of nitrogens with one attached hydrogen (secondary N) is 3. The number of hydrogen-bond donors (Lipinski definition) is 3. The third-order valence-electron chi connectivity index (χ3n) is 4.14. The summed E-state index contributed by atoms with van der Waals surface area (Å²) >= 11 is 0. The molecule has 1 heterocycles. The van der Waals surface area contributed by atoms with Crippen LogP contribution in [0.25, 0.3) is 22.2 Å². The molecule has 0 aliphatic carbocycles. The molecule has 0 saturated carbocycles. The van der Waals surface area contributed by atoms with Crippen LogP contribution in [-0.4, -0.2) is 38.7 Å². The molecule has 0 saturated heterocycles. The van der Waals surface area contributed by atoms with Crippen molar-refractivity contribution < 1.29 is 19.0 Å². The van der Waals surface area contributed by atoms with Crippen molar-refractivity contribution in [2.45, 2.75) is 0 Å². The second-order valence-corrected chi connectivity index (χ2v) is 5.72. The number of methoxy groups -OCH3 is 3. The van der Waals surface area contributed by atoms with Crippen LogP contribution in [0.3, 0.4) is 0 Å². The smallest absolute Gasteiger partial charge is 0.213 e. The fourth-order valence-corrected chi connectivity index (χ4v) is 2.91. The third kappa shape index (κ3) is 3.52. The van der Waals surface area contributed by atoms with E-state index < -0.39 is 0 Å². The number of aromatic nitrogens is 1. The van der Waals surface area contributed by atoms with E-state index in [4.69, 9.17) is 24.6 Å². The van der Waals surface area contributed by atoms with Crippen LogP contribution in [0.15, 0.2) is 42.5 Å². The van der Waals surface area contributed by atoms with Crippen LogP contribution >= 0.6 is 0 Å². The van der Waals surface area contributed by atoms with Crippen molar-refractivity contribution in [2.75, 3.05) is 26.6 Å². The van der Waals surface area contributed by atoms with Crippen molar-refractivity contribution in [2.24, 2.45) is 0 Å². The van der Waals surface area contributed by atoms with Gasteiger partial charge >= 0.3 is 0 Å². The predicted octanol–water partition coefficient (Wildman–Crippen LogP) is 3.02. The zero-order chi connectivity index (χ0) is 20.1. The Morgan fingerprint density at radius 1 is 1.04 bits per heavy atom. The molecule has 1 aromatic heterocycles. The Kier molecular flexibility index (Phi) is 5.59. The largest absolute Gasteiger partial charge is 0.493 e. The molecule has 8 nitrogen and oxygen atoms in total. The molecular weight excluding hydrogens is 360 g/mol. The van der Waals surface area contributed by atoms with Gasteiger partial charge in [-0.1, -0.05) is 30.3 Å². The summed E-state index contributed by atoms with van der Waals surface area (Å²) in [5.74, 6) is 1.11. The van der Waals surface area contributed by atoms with Gasteiger partial charge in [0, 0.05) is 10.9 Å². The van der Waals surface area contributed by atoms with Gasteiger partial charge in [-0.2, -0.15) is 0 Å². The first kappa shape index (κ1) is 19.0. The lowest BCUT2D eigenvalue weighted by molar-refractivity contribution is -0.108. The summed E-state index contributed by atoms with van der Waals surface area (Å²) in [5, 5.41) is 13.7. The highest BCUT2D eigenvalue weighted by molar-refractivity contribution is 6.07. The number of rotatable bonds is 6. The number of nitrogens with zero attached hydrogens (tertiary/aromatic N) is 1. The maximum atomic E-state index is 10.7. The van der Waals surface area contributed by atoms with Gasteiger partial charge in [0.15, 0.2) is 17.5 Å². The Balaban J connectivity index is 2.33. The SMILES string of the molecule is COc1cc2c(NC(=N)NC=O)cc(-c3ccccc3)nc2c(OC)c1OC. The number of fused-ring (bicyclic) bond motifs is 1. The standard InChI is InChI=1S/C20H20N4O4/c1-26-16-9-13-15(24-20(21)22-11-25)10-14(12-7-5-4-6-8-12)23-17(13)19(28-3)18(16)27-2/h4-11H,1-3H3,(H3,21,22,23,24,25). The number of pyridine rings is 1. The molecule has 28 heavy (non-hydrogen) atoms. The third-order valence-corrected chi connectivity index (χ3v) is 4.14. The maximum absolute atomic E-state index is 10.7. The maximum Gasteiger partial charge on any atom is 0.213 e. The number of guanidine groups is 1. The van der Waals surface area contributed by atoms with Crippen molar-refractivity contribution in [3.63, 3.8) is 0 Å². The molecule has 0 radical (unpaired) electrons. The minimum Gasteiger partial charge on any atom is -0.493 e. The average Bonchev–Trinajstić information content (AvgIpc) is 2.72. The van der Waals surface area contributed by atoms with Gasteiger partial charge in [-0.3, -0.25) is 15.5 Å². The molecule has 0 spiro atoms. The van der Waals surface area contributed by atoms with Crippen molar-refractivity contribution in [3.8, 4) is 28.5 Å². The fraction of sp³-hybridized carbons (Fsp3) is 0.150. The lowest BCUT2D eigenvalue weighted by Gasteiger charge is -2.18. The summed E-state index contributed by atoms with van der Waals surface area (Å²) < 4.78 is 16.5. The molecule has 144 valence electrons. The number of carbonyl (C=O) groups is 1. The highest BCUT2D eigenvalue weighted by Gasteiger charge is 2.20. The van der Waals surface area contributed by atoms with E-state index in [0.29, 0.717) is 45.9 Å².